The maximum atomic E-state index is 12.4. The average molecular weight is 554 g/mol. The highest BCUT2D eigenvalue weighted by Crippen LogP contribution is 2.36. The molecule has 1 aliphatic heterocycles. The van der Waals surface area contributed by atoms with E-state index in [4.69, 9.17) is 14.1 Å². The molecule has 0 spiro atoms. The second-order valence-electron chi connectivity index (χ2n) is 7.75. The van der Waals surface area contributed by atoms with E-state index >= 15 is 0 Å². The van der Waals surface area contributed by atoms with Gasteiger partial charge in [0.1, 0.15) is 5.76 Å². The van der Waals surface area contributed by atoms with Gasteiger partial charge in [0.15, 0.2) is 5.96 Å². The molecule has 2 atom stereocenters. The lowest BCUT2D eigenvalue weighted by Crippen LogP contribution is -2.39. The molecule has 2 heterocycles. The molecule has 1 amide bonds. The van der Waals surface area contributed by atoms with Crippen molar-refractivity contribution in [1.82, 2.24) is 15.5 Å². The van der Waals surface area contributed by atoms with Gasteiger partial charge in [-0.1, -0.05) is 30.3 Å². The van der Waals surface area contributed by atoms with Crippen molar-refractivity contribution in [2.45, 2.75) is 32.2 Å². The standard InChI is InChI=1S/C24H34N4O3.HI/c1-3-30-15-8-13-25-24(26-14-12-21-11-7-16-31-21)27-18-20-17-22(29)28(2)23(20)19-9-5-4-6-10-19;/h4-7,9-11,16,20,23H,3,8,12-15,17-18H2,1-2H3,(H2,25,26,27);1H. The van der Waals surface area contributed by atoms with E-state index in [1.54, 1.807) is 6.26 Å². The molecular weight excluding hydrogens is 519 g/mol. The van der Waals surface area contributed by atoms with Gasteiger partial charge in [-0.3, -0.25) is 9.79 Å². The van der Waals surface area contributed by atoms with Crippen LogP contribution < -0.4 is 10.6 Å². The molecule has 176 valence electrons. The summed E-state index contributed by atoms with van der Waals surface area (Å²) in [5.74, 6) is 2.02. The average Bonchev–Trinajstić information content (AvgIpc) is 3.40. The van der Waals surface area contributed by atoms with Gasteiger partial charge >= 0.3 is 0 Å². The monoisotopic (exact) mass is 554 g/mol. The van der Waals surface area contributed by atoms with E-state index < -0.39 is 0 Å². The van der Waals surface area contributed by atoms with Gasteiger partial charge in [-0.25, -0.2) is 0 Å². The van der Waals surface area contributed by atoms with Crippen molar-refractivity contribution >= 4 is 35.8 Å². The number of halogens is 1. The van der Waals surface area contributed by atoms with Crippen molar-refractivity contribution in [3.05, 3.63) is 60.1 Å². The van der Waals surface area contributed by atoms with E-state index in [1.165, 1.54) is 0 Å². The molecule has 0 saturated carbocycles. The summed E-state index contributed by atoms with van der Waals surface area (Å²) in [7, 11) is 1.89. The number of furan rings is 1. The lowest BCUT2D eigenvalue weighted by Gasteiger charge is -2.25. The lowest BCUT2D eigenvalue weighted by atomic mass is 9.94. The Hall–Kier alpha value is -2.07. The third kappa shape index (κ3) is 7.81. The summed E-state index contributed by atoms with van der Waals surface area (Å²) >= 11 is 0. The topological polar surface area (TPSA) is 79.1 Å². The zero-order chi connectivity index (χ0) is 21.9. The number of ether oxygens (including phenoxy) is 1. The van der Waals surface area contributed by atoms with Gasteiger partial charge in [0.2, 0.25) is 5.91 Å². The lowest BCUT2D eigenvalue weighted by molar-refractivity contribution is -0.127. The fourth-order valence-corrected chi connectivity index (χ4v) is 3.93. The Kier molecular flexibility index (Phi) is 11.6. The van der Waals surface area contributed by atoms with Crippen molar-refractivity contribution < 1.29 is 13.9 Å². The van der Waals surface area contributed by atoms with E-state index in [9.17, 15) is 4.79 Å². The van der Waals surface area contributed by atoms with E-state index in [0.717, 1.165) is 56.4 Å². The highest BCUT2D eigenvalue weighted by molar-refractivity contribution is 14.0. The van der Waals surface area contributed by atoms with E-state index in [0.29, 0.717) is 13.0 Å². The third-order valence-corrected chi connectivity index (χ3v) is 5.52. The largest absolute Gasteiger partial charge is 0.469 e. The fourth-order valence-electron chi connectivity index (χ4n) is 3.93. The molecule has 0 aliphatic carbocycles. The first-order valence-electron chi connectivity index (χ1n) is 11.1. The van der Waals surface area contributed by atoms with Crippen molar-refractivity contribution in [3.63, 3.8) is 0 Å². The molecule has 1 aromatic carbocycles. The maximum absolute atomic E-state index is 12.4. The predicted octanol–water partition coefficient (Wildman–Crippen LogP) is 3.62. The minimum atomic E-state index is 0. The summed E-state index contributed by atoms with van der Waals surface area (Å²) in [5.41, 5.74) is 1.16. The van der Waals surface area contributed by atoms with Crippen LogP contribution in [-0.2, 0) is 16.0 Å². The highest BCUT2D eigenvalue weighted by atomic mass is 127. The fraction of sp³-hybridized carbons (Fsp3) is 0.500. The Bertz CT molecular complexity index is 814. The van der Waals surface area contributed by atoms with Crippen LogP contribution in [0.4, 0.5) is 0 Å². The number of carbonyl (C=O) groups excluding carboxylic acids is 1. The van der Waals surface area contributed by atoms with Gasteiger partial charge in [-0.2, -0.15) is 0 Å². The molecule has 7 nitrogen and oxygen atoms in total. The molecule has 2 aromatic rings. The van der Waals surface area contributed by atoms with Crippen LogP contribution in [0.2, 0.25) is 0 Å². The summed E-state index contributed by atoms with van der Waals surface area (Å²) in [6, 6.07) is 14.1. The third-order valence-electron chi connectivity index (χ3n) is 5.52. The molecule has 2 N–H and O–H groups in total. The second kappa shape index (κ2) is 14.2. The summed E-state index contributed by atoms with van der Waals surface area (Å²) in [4.78, 5) is 19.1. The van der Waals surface area contributed by atoms with E-state index in [1.807, 2.05) is 49.2 Å². The predicted molar refractivity (Wildman–Crippen MR) is 137 cm³/mol. The number of benzene rings is 1. The van der Waals surface area contributed by atoms with E-state index in [2.05, 4.69) is 22.8 Å². The van der Waals surface area contributed by atoms with Crippen molar-refractivity contribution in [2.24, 2.45) is 10.9 Å². The zero-order valence-corrected chi connectivity index (χ0v) is 21.3. The van der Waals surface area contributed by atoms with Crippen molar-refractivity contribution in [1.29, 1.82) is 0 Å². The Morgan fingerprint density at radius 2 is 1.97 bits per heavy atom. The van der Waals surface area contributed by atoms with Gasteiger partial charge in [0, 0.05) is 58.7 Å². The van der Waals surface area contributed by atoms with Gasteiger partial charge in [-0.05, 0) is 31.0 Å². The molecule has 0 bridgehead atoms. The van der Waals surface area contributed by atoms with Gasteiger partial charge in [-0.15, -0.1) is 24.0 Å². The first-order valence-corrected chi connectivity index (χ1v) is 11.1. The second-order valence-corrected chi connectivity index (χ2v) is 7.75. The van der Waals surface area contributed by atoms with Gasteiger partial charge < -0.3 is 24.7 Å². The number of likely N-dealkylation sites (tertiary alicyclic amines) is 1. The molecule has 1 aliphatic rings. The SMILES string of the molecule is CCOCCCNC(=NCC1CC(=O)N(C)C1c1ccccc1)NCCc1ccco1.I. The van der Waals surface area contributed by atoms with Crippen molar-refractivity contribution in [3.8, 4) is 0 Å². The van der Waals surface area contributed by atoms with Crippen LogP contribution in [-0.4, -0.2) is 56.7 Å². The summed E-state index contributed by atoms with van der Waals surface area (Å²) < 4.78 is 10.8. The first kappa shape index (κ1) is 26.2. The minimum Gasteiger partial charge on any atom is -0.469 e. The zero-order valence-electron chi connectivity index (χ0n) is 19.0. The maximum Gasteiger partial charge on any atom is 0.223 e. The molecule has 8 heteroatoms. The summed E-state index contributed by atoms with van der Waals surface area (Å²) in [5, 5.41) is 6.78. The Labute approximate surface area is 208 Å². The molecule has 0 radical (unpaired) electrons. The van der Waals surface area contributed by atoms with Crippen LogP contribution in [0.5, 0.6) is 0 Å². The number of rotatable bonds is 11. The Morgan fingerprint density at radius 3 is 2.69 bits per heavy atom. The van der Waals surface area contributed by atoms with Gasteiger partial charge in [0.05, 0.1) is 12.3 Å². The molecule has 1 aromatic heterocycles. The highest BCUT2D eigenvalue weighted by Gasteiger charge is 2.38. The van der Waals surface area contributed by atoms with Crippen LogP contribution in [0, 0.1) is 5.92 Å². The first-order chi connectivity index (χ1) is 15.2. The van der Waals surface area contributed by atoms with Crippen LogP contribution in [0.1, 0.15) is 37.1 Å². The van der Waals surface area contributed by atoms with E-state index in [-0.39, 0.29) is 41.8 Å². The Balaban J connectivity index is 0.00000363. The number of guanidine groups is 1. The number of hydrogen-bond donors (Lipinski definition) is 2. The molecular formula is C24H35IN4O3. The molecule has 3 rings (SSSR count). The number of carbonyl (C=O) groups is 1. The molecule has 2 unspecified atom stereocenters. The Morgan fingerprint density at radius 1 is 1.19 bits per heavy atom. The summed E-state index contributed by atoms with van der Waals surface area (Å²) in [6.07, 6.45) is 3.89. The number of amides is 1. The van der Waals surface area contributed by atoms with Crippen molar-refractivity contribution in [2.75, 3.05) is 39.9 Å². The quantitative estimate of drug-likeness (QED) is 0.192. The van der Waals surface area contributed by atoms with Crippen LogP contribution in [0.15, 0.2) is 58.1 Å². The molecule has 1 fully saturated rings. The summed E-state index contributed by atoms with van der Waals surface area (Å²) in [6.45, 7) is 5.53. The minimum absolute atomic E-state index is 0. The number of nitrogens with one attached hydrogen (secondary N) is 2. The smallest absolute Gasteiger partial charge is 0.223 e. The normalized spacial score (nSPS) is 18.5. The number of hydrogen-bond acceptors (Lipinski definition) is 4. The molecule has 1 saturated heterocycles. The van der Waals surface area contributed by atoms with Crippen LogP contribution >= 0.6 is 24.0 Å². The van der Waals surface area contributed by atoms with Gasteiger partial charge in [0.25, 0.3) is 0 Å². The van der Waals surface area contributed by atoms with Crippen LogP contribution in [0.25, 0.3) is 0 Å². The number of aliphatic imine (C=N–C) groups is 1. The number of nitrogens with zero attached hydrogens (tertiary/aromatic N) is 2. The molecule has 32 heavy (non-hydrogen) atoms. The van der Waals surface area contributed by atoms with Crippen LogP contribution in [0.3, 0.4) is 0 Å².